The lowest BCUT2D eigenvalue weighted by Crippen LogP contribution is -2.39. The Labute approximate surface area is 779 Å². The van der Waals surface area contributed by atoms with Crippen molar-refractivity contribution in [2.24, 2.45) is 10.8 Å². The molecule has 45 rings (SSSR count). The Balaban J connectivity index is 0.610. The maximum absolute atomic E-state index is 18.5. The minimum Gasteiger partial charge on any atom is -0.491 e. The number of H-pyrrole nitrogens is 2. The van der Waals surface area contributed by atoms with Crippen LogP contribution in [0.1, 0.15) is 81.1 Å². The van der Waals surface area contributed by atoms with Gasteiger partial charge in [-0.25, -0.2) is 9.97 Å². The summed E-state index contributed by atoms with van der Waals surface area (Å²) in [6.45, 7) is 3.00. The van der Waals surface area contributed by atoms with Crippen LogP contribution in [0.15, 0.2) is 121 Å². The number of aromatic amines is 2. The molecule has 2 saturated carbocycles. The molecule has 140 heavy (non-hydrogen) atoms. The van der Waals surface area contributed by atoms with Crippen LogP contribution < -0.4 is 18.9 Å². The van der Waals surface area contributed by atoms with Crippen molar-refractivity contribution >= 4 is 329 Å². The van der Waals surface area contributed by atoms with Crippen LogP contribution >= 0.6 is 0 Å². The van der Waals surface area contributed by atoms with Gasteiger partial charge in [0.2, 0.25) is 0 Å². The number of nitrogens with one attached hydrogen (secondary N) is 2. The topological polar surface area (TPSA) is 240 Å². The summed E-state index contributed by atoms with van der Waals surface area (Å²) in [6, 6.07) is 39.8. The Kier molecular flexibility index (Phi) is 9.28. The first kappa shape index (κ1) is 67.4. The highest BCUT2D eigenvalue weighted by Gasteiger charge is 3.04. The molecule has 6 unspecified atom stereocenters. The molecule has 10 aliphatic carbocycles. The summed E-state index contributed by atoms with van der Waals surface area (Å²) in [5.74, 6) is -0.251. The largest absolute Gasteiger partial charge is 0.491 e. The molecule has 29 bridgehead atoms. The number of fused-ring (bicyclic) bond motifs is 12. The third-order valence-electron chi connectivity index (χ3n) is 39.2. The van der Waals surface area contributed by atoms with Gasteiger partial charge >= 0.3 is 23.9 Å². The number of carbonyl (C=O) groups excluding carboxylic acids is 4. The summed E-state index contributed by atoms with van der Waals surface area (Å²) < 4.78 is 55.4. The van der Waals surface area contributed by atoms with Crippen LogP contribution in [0.25, 0.3) is 349 Å². The standard InChI is InChI=1S/C122H54N4O14/c1-3-133-113(129)121-115(131)139-31-29-137-43-15-7-11-39(35-43)55-49-21-17-45(123-49)53(37-9-5-13-41(33-37)135-27-25-127)47-19-23-51(125-47)56(52-24-20-48(126-52)54(46-18-22-50(55)124-46)38-10-6-14-42(34-38)136-28-26-128)40-12-8-16-44(36-40)138-30-32-140-116(132)122(114(130)134-4-2)118-106-90-74-62-60-58-57-59-61-63-70-80-68(59)78(66(58)74)94(106)96(80)108-98-82(70)71-75(63)91-89-73(61)65(57)77-67(60)79-69-64(62)76-72-81(69)97-101-85-84(72)100(110(118)92(76)90)104-88(85)87-86(102(98)112(104)120(108,118)122)83(71)99-103(87)111(101)119(121)107(97)95(79)93(77)105(89)117(119,121)109(91)99/h5-24,33-36,123,126-128H,3-4,25-32H2,1-2H3. The van der Waals surface area contributed by atoms with Crippen molar-refractivity contribution in [2.75, 3.05) is 66.1 Å². The molecule has 28 aromatic carbocycles. The fraction of sp³-hybridized carbons (Fsp3) is 0.148. The number of aromatic nitrogens is 4. The number of carbonyl (C=O) groups is 4. The van der Waals surface area contributed by atoms with Crippen molar-refractivity contribution in [3.63, 3.8) is 0 Å². The minimum absolute atomic E-state index is 0.0147. The van der Waals surface area contributed by atoms with E-state index in [2.05, 4.69) is 46.4 Å². The zero-order valence-electron chi connectivity index (χ0n) is 73.6. The summed E-state index contributed by atoms with van der Waals surface area (Å²) in [6.07, 6.45) is 8.14. The van der Waals surface area contributed by atoms with Crippen molar-refractivity contribution in [1.29, 1.82) is 0 Å². The Morgan fingerprint density at radius 3 is 0.757 bits per heavy atom. The van der Waals surface area contributed by atoms with E-state index >= 15 is 19.2 Å². The molecule has 0 saturated heterocycles. The lowest BCUT2D eigenvalue weighted by atomic mass is 9.67. The zero-order chi connectivity index (χ0) is 89.7. The molecule has 18 nitrogen and oxygen atoms in total. The molecule has 0 radical (unpaired) electrons. The van der Waals surface area contributed by atoms with Gasteiger partial charge in [-0.1, -0.05) is 48.5 Å². The number of ether oxygens (including phenoxy) is 8. The molecule has 7 heterocycles. The fourth-order valence-corrected chi connectivity index (χ4v) is 37.0. The zero-order valence-corrected chi connectivity index (χ0v) is 73.6. The molecule has 6 atom stereocenters. The maximum atomic E-state index is 18.5. The predicted molar refractivity (Wildman–Crippen MR) is 544 cm³/mol. The summed E-state index contributed by atoms with van der Waals surface area (Å²) in [4.78, 5) is 92.2. The van der Waals surface area contributed by atoms with Gasteiger partial charge in [0.15, 0.2) is 10.8 Å². The first-order valence-electron chi connectivity index (χ1n) is 49.1. The highest BCUT2D eigenvalue weighted by atomic mass is 16.6. The molecular formula is C122H54N4O14. The molecule has 18 heteroatoms. The smallest absolute Gasteiger partial charge is 0.326 e. The fourth-order valence-electron chi connectivity index (χ4n) is 37.0. The first-order chi connectivity index (χ1) is 69.1. The Hall–Kier alpha value is -16.8. The van der Waals surface area contributed by atoms with Crippen LogP contribution in [0.4, 0.5) is 0 Å². The van der Waals surface area contributed by atoms with E-state index in [9.17, 15) is 10.2 Å². The van der Waals surface area contributed by atoms with E-state index in [4.69, 9.17) is 47.9 Å². The lowest BCUT2D eigenvalue weighted by Gasteiger charge is -2.32. The number of aliphatic hydroxyl groups is 2. The van der Waals surface area contributed by atoms with Gasteiger partial charge < -0.3 is 58.1 Å². The van der Waals surface area contributed by atoms with Gasteiger partial charge in [0.05, 0.1) is 70.9 Å². The van der Waals surface area contributed by atoms with Crippen LogP contribution in [-0.4, -0.2) is 120 Å². The number of rotatable bonds is 12. The van der Waals surface area contributed by atoms with Crippen LogP contribution in [-0.2, 0) is 59.8 Å². The number of hydrogen-bond donors (Lipinski definition) is 4. The molecule has 3 aromatic heterocycles. The van der Waals surface area contributed by atoms with E-state index in [-0.39, 0.29) is 66.1 Å². The second-order valence-electron chi connectivity index (χ2n) is 42.7. The van der Waals surface area contributed by atoms with Gasteiger partial charge in [-0.05, 0) is 436 Å². The van der Waals surface area contributed by atoms with Gasteiger partial charge in [0, 0.05) is 44.3 Å². The number of hydrogen-bond acceptors (Lipinski definition) is 16. The number of nitrogens with zero attached hydrogens (tertiary/aromatic N) is 2. The van der Waals surface area contributed by atoms with Gasteiger partial charge in [-0.3, -0.25) is 19.2 Å². The Bertz CT molecular complexity index is 11400. The van der Waals surface area contributed by atoms with Crippen molar-refractivity contribution in [1.82, 2.24) is 19.9 Å². The molecule has 31 aromatic rings. The van der Waals surface area contributed by atoms with Crippen LogP contribution in [0, 0.1) is 10.8 Å². The second-order valence-corrected chi connectivity index (χ2v) is 42.7. The van der Waals surface area contributed by atoms with Gasteiger partial charge in [-0.2, -0.15) is 0 Å². The Morgan fingerprint density at radius 1 is 0.300 bits per heavy atom. The normalized spacial score (nSPS) is 22.6. The second kappa shape index (κ2) is 19.3. The predicted octanol–water partition coefficient (Wildman–Crippen LogP) is 23.9. The van der Waals surface area contributed by atoms with E-state index in [0.717, 1.165) is 197 Å². The van der Waals surface area contributed by atoms with Crippen LogP contribution in [0.3, 0.4) is 0 Å². The van der Waals surface area contributed by atoms with Crippen molar-refractivity contribution in [3.05, 3.63) is 189 Å². The average Bonchev–Trinajstić information content (AvgIpc) is 1.34. The molecular weight excluding hydrogens is 1750 g/mol. The van der Waals surface area contributed by atoms with Crippen molar-refractivity contribution < 1.29 is 67.3 Å². The number of benzene rings is 20. The third-order valence-corrected chi connectivity index (χ3v) is 39.2. The summed E-state index contributed by atoms with van der Waals surface area (Å²) in [7, 11) is 0. The van der Waals surface area contributed by atoms with E-state index in [1.807, 2.05) is 123 Å². The summed E-state index contributed by atoms with van der Waals surface area (Å²) in [5.41, 5.74) is 10.4. The molecule has 14 aliphatic rings. The van der Waals surface area contributed by atoms with Crippen LogP contribution in [0.5, 0.6) is 23.0 Å². The van der Waals surface area contributed by atoms with Crippen molar-refractivity contribution in [3.8, 4) is 67.5 Å². The third kappa shape index (κ3) is 5.26. The monoisotopic (exact) mass is 1800 g/mol. The van der Waals surface area contributed by atoms with E-state index in [1.165, 1.54) is 172 Å². The highest BCUT2D eigenvalue weighted by molar-refractivity contribution is 6.78. The number of aliphatic hydroxyl groups excluding tert-OH is 2. The molecule has 646 valence electrons. The van der Waals surface area contributed by atoms with E-state index in [1.54, 1.807) is 0 Å². The Morgan fingerprint density at radius 2 is 0.521 bits per heavy atom. The van der Waals surface area contributed by atoms with Crippen LogP contribution in [0.2, 0.25) is 0 Å². The van der Waals surface area contributed by atoms with Gasteiger partial charge in [0.1, 0.15) is 62.6 Å². The maximum Gasteiger partial charge on any atom is 0.326 e. The van der Waals surface area contributed by atoms with Gasteiger partial charge in [-0.15, -0.1) is 0 Å². The highest BCUT2D eigenvalue weighted by Crippen LogP contribution is 3.00. The summed E-state index contributed by atoms with van der Waals surface area (Å²) >= 11 is 0. The van der Waals surface area contributed by atoms with E-state index < -0.39 is 56.4 Å². The molecule has 4 N–H and O–H groups in total. The lowest BCUT2D eigenvalue weighted by molar-refractivity contribution is -0.168. The first-order valence-corrected chi connectivity index (χ1v) is 49.1. The quantitative estimate of drug-likeness (QED) is 0.0385. The minimum atomic E-state index is -2.05. The van der Waals surface area contributed by atoms with Gasteiger partial charge in [0.25, 0.3) is 0 Å². The molecule has 2 fully saturated rings. The SMILES string of the molecule is CCOC(=O)C12C(=O)OCCOc3cccc(c3)-c3c4nc(c(-c5cccc(OCCO)c5)c5ccc([nH]5)c(c5nc(c(-c6cccc(OCCO)c6)c6ccc3[nH]6)C=C5)-c3cccc(c3)OCCOC(=O)C3(C(=O)OCC)C56c7c8c9c%10c%11c%12c(c%13c%14c5c5c7c7c%15c%16c%17c%18c%19c%20c%21c%22c%23c%24c%25c(c%16c7c7c5c5c%14c%14c%13c%13c%12c%12c%16c%11c(c9c%18c8%15)c%19c%16c%21c8c%22c9c%24c(c5c%257)c%14c9c%13c8%12)C%231C%17%202)C%1036)C=C4. The number of esters is 4. The van der Waals surface area contributed by atoms with Crippen molar-refractivity contribution in [2.45, 2.75) is 35.5 Å². The molecule has 4 spiro atoms. The average molecular weight is 1800 g/mol. The molecule has 0 amide bonds. The molecule has 4 aliphatic heterocycles. The summed E-state index contributed by atoms with van der Waals surface area (Å²) in [5, 5.41) is 78.1. The van der Waals surface area contributed by atoms with E-state index in [0.29, 0.717) is 45.8 Å².